The van der Waals surface area contributed by atoms with E-state index in [0.29, 0.717) is 5.92 Å². The van der Waals surface area contributed by atoms with Gasteiger partial charge in [0.05, 0.1) is 18.1 Å². The van der Waals surface area contributed by atoms with Crippen LogP contribution >= 0.6 is 0 Å². The highest BCUT2D eigenvalue weighted by atomic mass is 16.4. The fraction of sp³-hybridized carbons (Fsp3) is 0.333. The Morgan fingerprint density at radius 1 is 1.56 bits per heavy atom. The lowest BCUT2D eigenvalue weighted by Gasteiger charge is -1.99. The molecule has 1 fully saturated rings. The van der Waals surface area contributed by atoms with Crippen LogP contribution in [-0.2, 0) is 11.2 Å². The zero-order valence-electron chi connectivity index (χ0n) is 8.73. The van der Waals surface area contributed by atoms with Gasteiger partial charge in [-0.15, -0.1) is 0 Å². The summed E-state index contributed by atoms with van der Waals surface area (Å²) in [7, 11) is 0. The lowest BCUT2D eigenvalue weighted by molar-refractivity contribution is -0.136. The van der Waals surface area contributed by atoms with Crippen molar-refractivity contribution in [2.45, 2.75) is 25.2 Å². The van der Waals surface area contributed by atoms with Crippen molar-refractivity contribution in [3.05, 3.63) is 29.7 Å². The molecule has 0 radical (unpaired) electrons. The van der Waals surface area contributed by atoms with Gasteiger partial charge in [-0.3, -0.25) is 9.78 Å². The number of pyridine rings is 1. The van der Waals surface area contributed by atoms with Crippen molar-refractivity contribution in [3.63, 3.8) is 0 Å². The Morgan fingerprint density at radius 3 is 3.06 bits per heavy atom. The number of nitrogens with zero attached hydrogens (tertiary/aromatic N) is 1. The summed E-state index contributed by atoms with van der Waals surface area (Å²) in [5.74, 6) is -0.249. The molecule has 4 heteroatoms. The van der Waals surface area contributed by atoms with Crippen molar-refractivity contribution in [1.82, 2.24) is 9.97 Å². The van der Waals surface area contributed by atoms with Crippen LogP contribution in [0.2, 0.25) is 0 Å². The molecular weight excluding hydrogens is 204 g/mol. The van der Waals surface area contributed by atoms with Gasteiger partial charge in [0, 0.05) is 17.3 Å². The molecule has 2 N–H and O–H groups in total. The van der Waals surface area contributed by atoms with E-state index >= 15 is 0 Å². The van der Waals surface area contributed by atoms with Crippen molar-refractivity contribution in [2.75, 3.05) is 0 Å². The summed E-state index contributed by atoms with van der Waals surface area (Å²) >= 11 is 0. The molecule has 0 bridgehead atoms. The maximum absolute atomic E-state index is 10.9. The van der Waals surface area contributed by atoms with Gasteiger partial charge in [-0.25, -0.2) is 0 Å². The number of hydrogen-bond acceptors (Lipinski definition) is 2. The third-order valence-corrected chi connectivity index (χ3v) is 3.05. The monoisotopic (exact) mass is 216 g/mol. The Balaban J connectivity index is 2.18. The van der Waals surface area contributed by atoms with Gasteiger partial charge in [-0.1, -0.05) is 0 Å². The van der Waals surface area contributed by atoms with E-state index in [1.54, 1.807) is 12.4 Å². The predicted octanol–water partition coefficient (Wildman–Crippen LogP) is 2.07. The quantitative estimate of drug-likeness (QED) is 0.825. The van der Waals surface area contributed by atoms with Crippen LogP contribution in [0, 0.1) is 0 Å². The lowest BCUT2D eigenvalue weighted by atomic mass is 10.1. The van der Waals surface area contributed by atoms with Crippen LogP contribution in [0.1, 0.15) is 30.0 Å². The molecule has 3 rings (SSSR count). The van der Waals surface area contributed by atoms with Gasteiger partial charge in [0.25, 0.3) is 0 Å². The fourth-order valence-corrected chi connectivity index (χ4v) is 2.18. The minimum Gasteiger partial charge on any atom is -0.481 e. The molecule has 0 saturated heterocycles. The van der Waals surface area contributed by atoms with Crippen molar-refractivity contribution in [3.8, 4) is 0 Å². The Bertz CT molecular complexity index is 555. The first-order valence-corrected chi connectivity index (χ1v) is 5.42. The number of aliphatic carboxylic acids is 1. The molecule has 0 atom stereocenters. The molecule has 16 heavy (non-hydrogen) atoms. The van der Waals surface area contributed by atoms with Crippen LogP contribution in [0.15, 0.2) is 18.5 Å². The zero-order chi connectivity index (χ0) is 11.1. The van der Waals surface area contributed by atoms with Crippen molar-refractivity contribution < 1.29 is 9.90 Å². The minimum atomic E-state index is -0.778. The molecule has 0 amide bonds. The van der Waals surface area contributed by atoms with E-state index in [0.717, 1.165) is 35.0 Å². The van der Waals surface area contributed by atoms with Crippen LogP contribution in [-0.4, -0.2) is 21.0 Å². The second-order valence-corrected chi connectivity index (χ2v) is 4.28. The van der Waals surface area contributed by atoms with Crippen LogP contribution in [0.25, 0.3) is 10.9 Å². The average molecular weight is 216 g/mol. The average Bonchev–Trinajstić information content (AvgIpc) is 3.03. The van der Waals surface area contributed by atoms with Gasteiger partial charge in [-0.05, 0) is 30.4 Å². The summed E-state index contributed by atoms with van der Waals surface area (Å²) < 4.78 is 0. The van der Waals surface area contributed by atoms with E-state index in [1.807, 2.05) is 6.07 Å². The second-order valence-electron chi connectivity index (χ2n) is 4.28. The maximum Gasteiger partial charge on any atom is 0.307 e. The molecule has 0 unspecified atom stereocenters. The van der Waals surface area contributed by atoms with Crippen molar-refractivity contribution in [2.24, 2.45) is 0 Å². The van der Waals surface area contributed by atoms with E-state index in [9.17, 15) is 4.79 Å². The smallest absolute Gasteiger partial charge is 0.307 e. The minimum absolute atomic E-state index is 0.0931. The topological polar surface area (TPSA) is 66.0 Å². The van der Waals surface area contributed by atoms with Crippen LogP contribution < -0.4 is 0 Å². The summed E-state index contributed by atoms with van der Waals surface area (Å²) in [5.41, 5.74) is 2.98. The third-order valence-electron chi connectivity index (χ3n) is 3.05. The summed E-state index contributed by atoms with van der Waals surface area (Å²) in [5, 5.41) is 9.94. The van der Waals surface area contributed by atoms with Crippen LogP contribution in [0.5, 0.6) is 0 Å². The largest absolute Gasteiger partial charge is 0.481 e. The molecule has 1 aliphatic carbocycles. The van der Waals surface area contributed by atoms with Gasteiger partial charge in [0.1, 0.15) is 0 Å². The van der Waals surface area contributed by atoms with Crippen molar-refractivity contribution >= 4 is 16.9 Å². The molecule has 0 spiro atoms. The molecular formula is C12H12N2O2. The van der Waals surface area contributed by atoms with Gasteiger partial charge >= 0.3 is 5.97 Å². The Labute approximate surface area is 92.3 Å². The molecule has 82 valence electrons. The first kappa shape index (κ1) is 9.39. The Kier molecular flexibility index (Phi) is 1.96. The first-order valence-electron chi connectivity index (χ1n) is 5.42. The number of nitrogens with one attached hydrogen (secondary N) is 1. The summed E-state index contributed by atoms with van der Waals surface area (Å²) in [6.07, 6.45) is 5.88. The number of aromatic amines is 1. The molecule has 1 aliphatic rings. The summed E-state index contributed by atoms with van der Waals surface area (Å²) in [4.78, 5) is 18.2. The molecule has 0 aliphatic heterocycles. The summed E-state index contributed by atoms with van der Waals surface area (Å²) in [6, 6.07) is 1.88. The summed E-state index contributed by atoms with van der Waals surface area (Å²) in [6.45, 7) is 0. The number of H-pyrrole nitrogens is 1. The van der Waals surface area contributed by atoms with E-state index < -0.39 is 5.97 Å². The Morgan fingerprint density at radius 2 is 2.38 bits per heavy atom. The third kappa shape index (κ3) is 1.46. The molecule has 2 heterocycles. The number of carboxylic acid groups (broad SMARTS) is 1. The molecule has 2 aromatic rings. The van der Waals surface area contributed by atoms with Crippen molar-refractivity contribution in [1.29, 1.82) is 0 Å². The zero-order valence-corrected chi connectivity index (χ0v) is 8.73. The fourth-order valence-electron chi connectivity index (χ4n) is 2.18. The predicted molar refractivity (Wildman–Crippen MR) is 59.4 cm³/mol. The normalized spacial score (nSPS) is 15.5. The number of carboxylic acids is 1. The maximum atomic E-state index is 10.9. The number of rotatable bonds is 3. The standard InChI is InChI=1S/C12H12N2O2/c15-11(16)5-9-8-3-4-13-6-10(8)14-12(9)7-1-2-7/h3-4,6-7,14H,1-2,5H2,(H,15,16). The number of fused-ring (bicyclic) bond motifs is 1. The van der Waals surface area contributed by atoms with Crippen LogP contribution in [0.4, 0.5) is 0 Å². The first-order chi connectivity index (χ1) is 7.75. The van der Waals surface area contributed by atoms with Gasteiger partial charge in [0.15, 0.2) is 0 Å². The van der Waals surface area contributed by atoms with Gasteiger partial charge in [0.2, 0.25) is 0 Å². The van der Waals surface area contributed by atoms with E-state index in [-0.39, 0.29) is 6.42 Å². The highest BCUT2D eigenvalue weighted by Gasteiger charge is 2.29. The second kappa shape index (κ2) is 3.33. The molecule has 2 aromatic heterocycles. The van der Waals surface area contributed by atoms with Crippen LogP contribution in [0.3, 0.4) is 0 Å². The van der Waals surface area contributed by atoms with Gasteiger partial charge in [-0.2, -0.15) is 0 Å². The molecule has 0 aromatic carbocycles. The molecule has 1 saturated carbocycles. The van der Waals surface area contributed by atoms with E-state index in [1.165, 1.54) is 0 Å². The van der Waals surface area contributed by atoms with Gasteiger partial charge < -0.3 is 10.1 Å². The number of hydrogen-bond donors (Lipinski definition) is 2. The molecule has 4 nitrogen and oxygen atoms in total. The highest BCUT2D eigenvalue weighted by molar-refractivity contribution is 5.88. The lowest BCUT2D eigenvalue weighted by Crippen LogP contribution is -2.01. The number of carbonyl (C=O) groups is 1. The number of aromatic nitrogens is 2. The highest BCUT2D eigenvalue weighted by Crippen LogP contribution is 2.43. The SMILES string of the molecule is O=C(O)Cc1c(C2CC2)[nH]c2cnccc12. The van der Waals surface area contributed by atoms with E-state index in [2.05, 4.69) is 9.97 Å². The van der Waals surface area contributed by atoms with E-state index in [4.69, 9.17) is 5.11 Å². The Hall–Kier alpha value is -1.84.